The molecular formula is C16H12ClF2N2S. The van der Waals surface area contributed by atoms with Gasteiger partial charge in [0, 0.05) is 16.3 Å². The highest BCUT2D eigenvalue weighted by molar-refractivity contribution is 7.13. The molecule has 0 fully saturated rings. The first kappa shape index (κ1) is 15.3. The Morgan fingerprint density at radius 3 is 2.68 bits per heavy atom. The molecule has 3 rings (SSSR count). The van der Waals surface area contributed by atoms with Gasteiger partial charge in [-0.1, -0.05) is 37.6 Å². The molecule has 0 saturated carbocycles. The molecule has 1 radical (unpaired) electrons. The number of halogens is 3. The highest BCUT2D eigenvalue weighted by Crippen LogP contribution is 2.38. The summed E-state index contributed by atoms with van der Waals surface area (Å²) in [4.78, 5) is 8.56. The minimum absolute atomic E-state index is 0.00287. The number of rotatable bonds is 3. The largest absolute Gasteiger partial charge is 0.267 e. The summed E-state index contributed by atoms with van der Waals surface area (Å²) in [5.74, 6) is 0.304. The van der Waals surface area contributed by atoms with E-state index in [0.29, 0.717) is 16.8 Å². The molecule has 22 heavy (non-hydrogen) atoms. The van der Waals surface area contributed by atoms with Crippen LogP contribution in [0.1, 0.15) is 37.4 Å². The van der Waals surface area contributed by atoms with E-state index in [1.165, 1.54) is 11.3 Å². The molecule has 1 aromatic carbocycles. The summed E-state index contributed by atoms with van der Waals surface area (Å²) < 4.78 is 26.1. The first-order valence-corrected chi connectivity index (χ1v) is 7.98. The molecule has 0 aliphatic heterocycles. The summed E-state index contributed by atoms with van der Waals surface area (Å²) in [5, 5.41) is 3.23. The highest BCUT2D eigenvalue weighted by Gasteiger charge is 2.19. The number of nitrogens with zero attached hydrogens (tertiary/aromatic N) is 2. The van der Waals surface area contributed by atoms with Crippen molar-refractivity contribution in [1.29, 1.82) is 0 Å². The van der Waals surface area contributed by atoms with Crippen molar-refractivity contribution in [1.82, 2.24) is 9.97 Å². The van der Waals surface area contributed by atoms with Gasteiger partial charge >= 0.3 is 0 Å². The van der Waals surface area contributed by atoms with E-state index in [4.69, 9.17) is 11.6 Å². The van der Waals surface area contributed by atoms with Gasteiger partial charge < -0.3 is 0 Å². The fraction of sp³-hybridized carbons (Fsp3) is 0.250. The Kier molecular flexibility index (Phi) is 4.10. The second-order valence-corrected chi connectivity index (χ2v) is 6.42. The number of fused-ring (bicyclic) bond motifs is 1. The number of aromatic nitrogens is 2. The first-order valence-electron chi connectivity index (χ1n) is 6.72. The Morgan fingerprint density at radius 1 is 1.27 bits per heavy atom. The molecule has 6 heteroatoms. The third kappa shape index (κ3) is 2.59. The van der Waals surface area contributed by atoms with E-state index >= 15 is 0 Å². The zero-order valence-corrected chi connectivity index (χ0v) is 13.5. The van der Waals surface area contributed by atoms with E-state index in [2.05, 4.69) is 30.0 Å². The second kappa shape index (κ2) is 5.89. The lowest BCUT2D eigenvalue weighted by Gasteiger charge is -2.09. The Labute approximate surface area is 135 Å². The quantitative estimate of drug-likeness (QED) is 0.597. The van der Waals surface area contributed by atoms with Gasteiger partial charge in [-0.25, -0.2) is 18.7 Å². The van der Waals surface area contributed by atoms with Crippen molar-refractivity contribution >= 4 is 33.8 Å². The van der Waals surface area contributed by atoms with Gasteiger partial charge in [-0.2, -0.15) is 0 Å². The number of thiazole rings is 1. The lowest BCUT2D eigenvalue weighted by molar-refractivity contribution is 0.151. The van der Waals surface area contributed by atoms with Gasteiger partial charge in [0.1, 0.15) is 11.2 Å². The monoisotopic (exact) mass is 337 g/mol. The zero-order chi connectivity index (χ0) is 15.9. The maximum Gasteiger partial charge on any atom is 0.267 e. The van der Waals surface area contributed by atoms with Gasteiger partial charge in [0.2, 0.25) is 0 Å². The third-order valence-electron chi connectivity index (χ3n) is 3.36. The molecule has 3 aromatic rings. The molecule has 0 atom stereocenters. The Bertz CT molecular complexity index is 830. The standard InChI is InChI=1S/C16H12ClF2N2S/c1-8(2)12-7-22-16(21-12)9-4-3-5-11-13(9)14(17)10(6-20-11)15(18)19/h3-5,7-8,15H,1-2H3. The van der Waals surface area contributed by atoms with Crippen molar-refractivity contribution < 1.29 is 8.78 Å². The summed E-state index contributed by atoms with van der Waals surface area (Å²) in [6.07, 6.45) is -0.376. The summed E-state index contributed by atoms with van der Waals surface area (Å²) >= 11 is 7.66. The molecule has 0 aliphatic rings. The van der Waals surface area contributed by atoms with E-state index in [0.717, 1.165) is 16.3 Å². The van der Waals surface area contributed by atoms with Gasteiger partial charge in [-0.05, 0) is 12.0 Å². The van der Waals surface area contributed by atoms with Crippen LogP contribution in [-0.2, 0) is 0 Å². The predicted molar refractivity (Wildman–Crippen MR) is 85.7 cm³/mol. The zero-order valence-electron chi connectivity index (χ0n) is 11.9. The lowest BCUT2D eigenvalue weighted by Crippen LogP contribution is -1.93. The van der Waals surface area contributed by atoms with Gasteiger partial charge in [0.25, 0.3) is 6.43 Å². The van der Waals surface area contributed by atoms with Crippen LogP contribution in [-0.4, -0.2) is 9.97 Å². The molecule has 0 amide bonds. The van der Waals surface area contributed by atoms with Crippen molar-refractivity contribution in [3.63, 3.8) is 0 Å². The minimum Gasteiger partial charge on any atom is -0.245 e. The third-order valence-corrected chi connectivity index (χ3v) is 4.64. The molecule has 0 spiro atoms. The summed E-state index contributed by atoms with van der Waals surface area (Å²) in [6, 6.07) is 5.37. The van der Waals surface area contributed by atoms with Crippen LogP contribution in [0.4, 0.5) is 8.78 Å². The van der Waals surface area contributed by atoms with E-state index < -0.39 is 6.43 Å². The van der Waals surface area contributed by atoms with Crippen LogP contribution >= 0.6 is 22.9 Å². The van der Waals surface area contributed by atoms with Crippen molar-refractivity contribution in [2.45, 2.75) is 26.2 Å². The number of alkyl halides is 2. The molecule has 2 heterocycles. The number of hydrogen-bond acceptors (Lipinski definition) is 3. The molecular weight excluding hydrogens is 326 g/mol. The van der Waals surface area contributed by atoms with Crippen molar-refractivity contribution in [2.75, 3.05) is 0 Å². The SMILES string of the molecule is CC(C)c1csc(-c2cccc3n[c]c(C(F)F)c(Cl)c23)n1. The molecule has 2 nitrogen and oxygen atoms in total. The van der Waals surface area contributed by atoms with Crippen molar-refractivity contribution in [3.8, 4) is 10.6 Å². The summed E-state index contributed by atoms with van der Waals surface area (Å²) in [6.45, 7) is 4.11. The normalized spacial score (nSPS) is 11.8. The van der Waals surface area contributed by atoms with E-state index in [9.17, 15) is 8.78 Å². The van der Waals surface area contributed by atoms with Crippen molar-refractivity contribution in [2.24, 2.45) is 0 Å². The van der Waals surface area contributed by atoms with Gasteiger partial charge in [0.05, 0.1) is 21.8 Å². The maximum absolute atomic E-state index is 13.0. The van der Waals surface area contributed by atoms with Gasteiger partial charge in [0.15, 0.2) is 0 Å². The molecule has 0 unspecified atom stereocenters. The van der Waals surface area contributed by atoms with Crippen molar-refractivity contribution in [3.05, 3.63) is 46.1 Å². The Morgan fingerprint density at radius 2 is 2.05 bits per heavy atom. The first-order chi connectivity index (χ1) is 10.5. The average molecular weight is 338 g/mol. The highest BCUT2D eigenvalue weighted by atomic mass is 35.5. The molecule has 0 saturated heterocycles. The second-order valence-electron chi connectivity index (χ2n) is 5.18. The number of benzene rings is 1. The minimum atomic E-state index is -2.71. The van der Waals surface area contributed by atoms with Crippen LogP contribution in [0.2, 0.25) is 5.02 Å². The smallest absolute Gasteiger partial charge is 0.245 e. The predicted octanol–water partition coefficient (Wildman–Crippen LogP) is 5.87. The van der Waals surface area contributed by atoms with E-state index in [1.807, 2.05) is 17.5 Å². The fourth-order valence-electron chi connectivity index (χ4n) is 2.17. The maximum atomic E-state index is 13.0. The average Bonchev–Trinajstić information content (AvgIpc) is 2.96. The molecule has 2 aromatic heterocycles. The topological polar surface area (TPSA) is 25.8 Å². The van der Waals surface area contributed by atoms with Gasteiger partial charge in [-0.3, -0.25) is 0 Å². The lowest BCUT2D eigenvalue weighted by atomic mass is 10.1. The van der Waals surface area contributed by atoms with Gasteiger partial charge in [-0.15, -0.1) is 11.3 Å². The van der Waals surface area contributed by atoms with E-state index in [-0.39, 0.29) is 10.6 Å². The number of pyridine rings is 1. The molecule has 113 valence electrons. The van der Waals surface area contributed by atoms with Crippen LogP contribution in [0, 0.1) is 6.20 Å². The fourth-order valence-corrected chi connectivity index (χ4v) is 3.50. The van der Waals surface area contributed by atoms with Crippen LogP contribution < -0.4 is 0 Å². The van der Waals surface area contributed by atoms with Crippen LogP contribution in [0.3, 0.4) is 0 Å². The van der Waals surface area contributed by atoms with Crippen LogP contribution in [0.15, 0.2) is 23.6 Å². The Hall–Kier alpha value is -1.59. The van der Waals surface area contributed by atoms with Crippen LogP contribution in [0.25, 0.3) is 21.5 Å². The molecule has 0 N–H and O–H groups in total. The summed E-state index contributed by atoms with van der Waals surface area (Å²) in [7, 11) is 0. The Balaban J connectivity index is 2.26. The summed E-state index contributed by atoms with van der Waals surface area (Å²) in [5.41, 5.74) is 1.86. The van der Waals surface area contributed by atoms with Crippen LogP contribution in [0.5, 0.6) is 0 Å². The molecule has 0 aliphatic carbocycles. The van der Waals surface area contributed by atoms with E-state index in [1.54, 1.807) is 6.07 Å². The molecule has 0 bridgehead atoms. The number of hydrogen-bond donors (Lipinski definition) is 0.